The summed E-state index contributed by atoms with van der Waals surface area (Å²) in [6, 6.07) is 2.03. The molecule has 1 aromatic rings. The second-order valence-electron chi connectivity index (χ2n) is 5.13. The third-order valence-electron chi connectivity index (χ3n) is 2.22. The van der Waals surface area contributed by atoms with Crippen molar-refractivity contribution in [2.75, 3.05) is 7.11 Å². The van der Waals surface area contributed by atoms with E-state index in [-0.39, 0.29) is 17.6 Å². The molecular formula is C13H16F2O2. The molecule has 0 unspecified atom stereocenters. The van der Waals surface area contributed by atoms with Crippen LogP contribution in [0.5, 0.6) is 5.75 Å². The predicted molar refractivity (Wildman–Crippen MR) is 61.3 cm³/mol. The van der Waals surface area contributed by atoms with Crippen LogP contribution in [0.25, 0.3) is 0 Å². The highest BCUT2D eigenvalue weighted by atomic mass is 19.1. The van der Waals surface area contributed by atoms with Gasteiger partial charge in [0.25, 0.3) is 0 Å². The van der Waals surface area contributed by atoms with E-state index in [0.717, 1.165) is 12.1 Å². The Kier molecular flexibility index (Phi) is 3.86. The molecular weight excluding hydrogens is 226 g/mol. The minimum Gasteiger partial charge on any atom is -0.497 e. The fourth-order valence-corrected chi connectivity index (χ4v) is 1.50. The van der Waals surface area contributed by atoms with E-state index in [2.05, 4.69) is 0 Å². The van der Waals surface area contributed by atoms with Gasteiger partial charge in [0.2, 0.25) is 0 Å². The minimum absolute atomic E-state index is 0.0623. The lowest BCUT2D eigenvalue weighted by Gasteiger charge is -2.17. The van der Waals surface area contributed by atoms with E-state index in [0.29, 0.717) is 0 Å². The largest absolute Gasteiger partial charge is 0.497 e. The molecule has 0 aliphatic rings. The minimum atomic E-state index is -0.879. The third kappa shape index (κ3) is 3.51. The molecule has 0 saturated carbocycles. The number of carbonyl (C=O) groups is 1. The van der Waals surface area contributed by atoms with Crippen molar-refractivity contribution in [2.24, 2.45) is 5.41 Å². The van der Waals surface area contributed by atoms with Gasteiger partial charge in [-0.05, 0) is 5.41 Å². The molecule has 1 aromatic carbocycles. The first-order valence-corrected chi connectivity index (χ1v) is 5.31. The lowest BCUT2D eigenvalue weighted by molar-refractivity contribution is 0.0931. The summed E-state index contributed by atoms with van der Waals surface area (Å²) in [6.45, 7) is 5.51. The molecule has 4 heteroatoms. The first-order valence-electron chi connectivity index (χ1n) is 5.31. The summed E-state index contributed by atoms with van der Waals surface area (Å²) in [6.07, 6.45) is 0.0904. The Bertz CT molecular complexity index is 411. The SMILES string of the molecule is COc1cc(F)c(C(=O)CC(C)(C)C)c(F)c1. The van der Waals surface area contributed by atoms with Gasteiger partial charge in [0.05, 0.1) is 12.7 Å². The van der Waals surface area contributed by atoms with E-state index < -0.39 is 23.0 Å². The predicted octanol–water partition coefficient (Wildman–Crippen LogP) is 3.59. The van der Waals surface area contributed by atoms with Crippen molar-refractivity contribution < 1.29 is 18.3 Å². The average molecular weight is 242 g/mol. The van der Waals surface area contributed by atoms with Crippen LogP contribution in [0.3, 0.4) is 0 Å². The molecule has 0 N–H and O–H groups in total. The zero-order valence-corrected chi connectivity index (χ0v) is 10.4. The number of benzene rings is 1. The highest BCUT2D eigenvalue weighted by Gasteiger charge is 2.23. The normalized spacial score (nSPS) is 11.4. The van der Waals surface area contributed by atoms with Crippen molar-refractivity contribution in [3.05, 3.63) is 29.3 Å². The van der Waals surface area contributed by atoms with Crippen LogP contribution in [0.2, 0.25) is 0 Å². The molecule has 0 radical (unpaired) electrons. The molecule has 0 aromatic heterocycles. The quantitative estimate of drug-likeness (QED) is 0.757. The van der Waals surface area contributed by atoms with Crippen molar-refractivity contribution in [3.8, 4) is 5.75 Å². The summed E-state index contributed by atoms with van der Waals surface area (Å²) in [4.78, 5) is 11.8. The number of hydrogen-bond donors (Lipinski definition) is 0. The standard InChI is InChI=1S/C13H16F2O2/c1-13(2,3)7-11(16)12-9(14)5-8(17-4)6-10(12)15/h5-6H,7H2,1-4H3. The van der Waals surface area contributed by atoms with Gasteiger partial charge in [-0.3, -0.25) is 4.79 Å². The van der Waals surface area contributed by atoms with Crippen LogP contribution in [0.1, 0.15) is 37.6 Å². The number of methoxy groups -OCH3 is 1. The molecule has 0 heterocycles. The van der Waals surface area contributed by atoms with Crippen molar-refractivity contribution in [1.29, 1.82) is 0 Å². The first-order chi connectivity index (χ1) is 7.74. The summed E-state index contributed by atoms with van der Waals surface area (Å²) >= 11 is 0. The number of halogens is 2. The van der Waals surface area contributed by atoms with Gasteiger partial charge in [0.1, 0.15) is 17.4 Å². The van der Waals surface area contributed by atoms with Gasteiger partial charge in [0, 0.05) is 18.6 Å². The second kappa shape index (κ2) is 4.82. The Balaban J connectivity index is 3.10. The van der Waals surface area contributed by atoms with E-state index in [4.69, 9.17) is 4.74 Å². The van der Waals surface area contributed by atoms with E-state index in [1.54, 1.807) is 0 Å². The third-order valence-corrected chi connectivity index (χ3v) is 2.22. The van der Waals surface area contributed by atoms with Crippen LogP contribution in [-0.4, -0.2) is 12.9 Å². The summed E-state index contributed by atoms with van der Waals surface area (Å²) in [7, 11) is 1.31. The molecule has 0 atom stereocenters. The van der Waals surface area contributed by atoms with Gasteiger partial charge in [0.15, 0.2) is 5.78 Å². The maximum absolute atomic E-state index is 13.6. The molecule has 0 aliphatic heterocycles. The van der Waals surface area contributed by atoms with E-state index in [1.165, 1.54) is 7.11 Å². The van der Waals surface area contributed by atoms with Crippen molar-refractivity contribution >= 4 is 5.78 Å². The summed E-state index contributed by atoms with van der Waals surface area (Å²) in [5.74, 6) is -2.23. The molecule has 1 rings (SSSR count). The van der Waals surface area contributed by atoms with Gasteiger partial charge in [-0.15, -0.1) is 0 Å². The zero-order chi connectivity index (χ0) is 13.2. The lowest BCUT2D eigenvalue weighted by Crippen LogP contribution is -2.15. The zero-order valence-electron chi connectivity index (χ0n) is 10.4. The van der Waals surface area contributed by atoms with Gasteiger partial charge >= 0.3 is 0 Å². The van der Waals surface area contributed by atoms with Crippen molar-refractivity contribution in [2.45, 2.75) is 27.2 Å². The molecule has 17 heavy (non-hydrogen) atoms. The second-order valence-corrected chi connectivity index (χ2v) is 5.13. The molecule has 0 amide bonds. The Morgan fingerprint density at radius 2 is 1.71 bits per heavy atom. The number of Topliss-reactive ketones (excluding diaryl/α,β-unsaturated/α-hetero) is 1. The van der Waals surface area contributed by atoms with Gasteiger partial charge in [-0.2, -0.15) is 0 Å². The molecule has 2 nitrogen and oxygen atoms in total. The number of rotatable bonds is 3. The van der Waals surface area contributed by atoms with Gasteiger partial charge in [-0.25, -0.2) is 8.78 Å². The van der Waals surface area contributed by atoms with Crippen LogP contribution >= 0.6 is 0 Å². The topological polar surface area (TPSA) is 26.3 Å². The molecule has 0 fully saturated rings. The Hall–Kier alpha value is -1.45. The Labute approximate surface area is 99.6 Å². The maximum Gasteiger partial charge on any atom is 0.169 e. The highest BCUT2D eigenvalue weighted by Crippen LogP contribution is 2.26. The van der Waals surface area contributed by atoms with Gasteiger partial charge < -0.3 is 4.74 Å². The van der Waals surface area contributed by atoms with Crippen LogP contribution in [0.15, 0.2) is 12.1 Å². The Morgan fingerprint density at radius 1 is 1.24 bits per heavy atom. The van der Waals surface area contributed by atoms with Crippen LogP contribution in [0, 0.1) is 17.0 Å². The molecule has 0 bridgehead atoms. The summed E-state index contributed by atoms with van der Waals surface area (Å²) in [5.41, 5.74) is -0.795. The van der Waals surface area contributed by atoms with Crippen molar-refractivity contribution in [1.82, 2.24) is 0 Å². The van der Waals surface area contributed by atoms with Crippen molar-refractivity contribution in [3.63, 3.8) is 0 Å². The van der Waals surface area contributed by atoms with Crippen LogP contribution in [0.4, 0.5) is 8.78 Å². The Morgan fingerprint density at radius 3 is 2.06 bits per heavy atom. The lowest BCUT2D eigenvalue weighted by atomic mass is 9.87. The molecule has 94 valence electrons. The fraction of sp³-hybridized carbons (Fsp3) is 0.462. The number of ketones is 1. The monoisotopic (exact) mass is 242 g/mol. The smallest absolute Gasteiger partial charge is 0.169 e. The van der Waals surface area contributed by atoms with E-state index >= 15 is 0 Å². The highest BCUT2D eigenvalue weighted by molar-refractivity contribution is 5.97. The number of carbonyl (C=O) groups excluding carboxylic acids is 1. The molecule has 0 spiro atoms. The first kappa shape index (κ1) is 13.6. The number of hydrogen-bond acceptors (Lipinski definition) is 2. The molecule has 0 aliphatic carbocycles. The summed E-state index contributed by atoms with van der Waals surface area (Å²) in [5, 5.41) is 0. The van der Waals surface area contributed by atoms with E-state index in [9.17, 15) is 13.6 Å². The summed E-state index contributed by atoms with van der Waals surface area (Å²) < 4.78 is 31.9. The number of ether oxygens (including phenoxy) is 1. The fourth-order valence-electron chi connectivity index (χ4n) is 1.50. The van der Waals surface area contributed by atoms with Gasteiger partial charge in [-0.1, -0.05) is 20.8 Å². The average Bonchev–Trinajstić information content (AvgIpc) is 2.13. The molecule has 0 saturated heterocycles. The van der Waals surface area contributed by atoms with E-state index in [1.807, 2.05) is 20.8 Å². The van der Waals surface area contributed by atoms with Crippen LogP contribution < -0.4 is 4.74 Å². The van der Waals surface area contributed by atoms with Crippen LogP contribution in [-0.2, 0) is 0 Å². The maximum atomic E-state index is 13.6.